The van der Waals surface area contributed by atoms with Gasteiger partial charge in [-0.2, -0.15) is 0 Å². The summed E-state index contributed by atoms with van der Waals surface area (Å²) in [7, 11) is -3.93. The van der Waals surface area contributed by atoms with Crippen molar-refractivity contribution in [2.24, 2.45) is 5.14 Å². The van der Waals surface area contributed by atoms with Crippen molar-refractivity contribution in [3.63, 3.8) is 0 Å². The lowest BCUT2D eigenvalue weighted by molar-refractivity contribution is -0.384. The molecule has 3 aromatic carbocycles. The van der Waals surface area contributed by atoms with Gasteiger partial charge in [0, 0.05) is 24.1 Å². The first-order valence-corrected chi connectivity index (χ1v) is 11.3. The molecule has 34 heavy (non-hydrogen) atoms. The van der Waals surface area contributed by atoms with Crippen LogP contribution >= 0.6 is 0 Å². The number of amides is 2. The molecule has 2 amide bonds. The number of carbonyl (C=O) groups is 2. The average Bonchev–Trinajstić information content (AvgIpc) is 2.79. The number of nitro groups is 1. The summed E-state index contributed by atoms with van der Waals surface area (Å²) in [5, 5.41) is 21.1. The first-order valence-electron chi connectivity index (χ1n) is 9.80. The molecule has 0 aliphatic heterocycles. The van der Waals surface area contributed by atoms with Crippen LogP contribution in [-0.2, 0) is 14.8 Å². The molecule has 0 bridgehead atoms. The standard InChI is InChI=1S/C22H19FN4O6S/c23-16-9-10-18(19(13-16)27(30)31)26-21(28)11-12-25-22(29)15-7-5-14(6-8-15)17-3-1-2-4-20(17)34(24,32)33/h1-10,13H,11-12H2,(H,25,29)(H,26,28)(H2,24,32,33). The van der Waals surface area contributed by atoms with E-state index in [0.717, 1.165) is 12.1 Å². The number of nitrogens with two attached hydrogens (primary N) is 1. The van der Waals surface area contributed by atoms with Crippen LogP contribution in [0.1, 0.15) is 16.8 Å². The Labute approximate surface area is 193 Å². The van der Waals surface area contributed by atoms with E-state index in [1.54, 1.807) is 30.3 Å². The van der Waals surface area contributed by atoms with Crippen LogP contribution in [0.5, 0.6) is 0 Å². The average molecular weight is 486 g/mol. The number of hydrogen-bond donors (Lipinski definition) is 3. The van der Waals surface area contributed by atoms with Gasteiger partial charge in [0.1, 0.15) is 11.5 Å². The molecule has 0 saturated carbocycles. The van der Waals surface area contributed by atoms with Crippen molar-refractivity contribution in [2.75, 3.05) is 11.9 Å². The molecule has 10 nitrogen and oxygen atoms in total. The smallest absolute Gasteiger partial charge is 0.295 e. The number of carbonyl (C=O) groups excluding carboxylic acids is 2. The van der Waals surface area contributed by atoms with Crippen molar-refractivity contribution in [1.29, 1.82) is 0 Å². The normalized spacial score (nSPS) is 11.0. The summed E-state index contributed by atoms with van der Waals surface area (Å²) in [6.07, 6.45) is -0.180. The maximum atomic E-state index is 13.2. The van der Waals surface area contributed by atoms with Crippen molar-refractivity contribution in [2.45, 2.75) is 11.3 Å². The summed E-state index contributed by atoms with van der Waals surface area (Å²) in [6, 6.07) is 15.1. The molecule has 0 spiro atoms. The van der Waals surface area contributed by atoms with Gasteiger partial charge in [0.2, 0.25) is 15.9 Å². The van der Waals surface area contributed by atoms with Crippen LogP contribution in [-0.4, -0.2) is 31.7 Å². The third-order valence-corrected chi connectivity index (χ3v) is 5.69. The van der Waals surface area contributed by atoms with Crippen molar-refractivity contribution in [3.05, 3.63) is 88.2 Å². The van der Waals surface area contributed by atoms with Crippen LogP contribution in [0.3, 0.4) is 0 Å². The third-order valence-electron chi connectivity index (χ3n) is 4.72. The van der Waals surface area contributed by atoms with Gasteiger partial charge in [0.05, 0.1) is 15.9 Å². The number of nitrogens with zero attached hydrogens (tertiary/aromatic N) is 1. The fraction of sp³-hybridized carbons (Fsp3) is 0.0909. The minimum atomic E-state index is -3.93. The summed E-state index contributed by atoms with van der Waals surface area (Å²) in [4.78, 5) is 34.6. The maximum Gasteiger partial charge on any atom is 0.295 e. The molecule has 0 heterocycles. The van der Waals surface area contributed by atoms with Crippen LogP contribution in [0.25, 0.3) is 11.1 Å². The molecule has 3 rings (SSSR count). The summed E-state index contributed by atoms with van der Waals surface area (Å²) >= 11 is 0. The maximum absolute atomic E-state index is 13.2. The third kappa shape index (κ3) is 5.99. The zero-order valence-corrected chi connectivity index (χ0v) is 18.3. The van der Waals surface area contributed by atoms with Gasteiger partial charge in [-0.25, -0.2) is 17.9 Å². The highest BCUT2D eigenvalue weighted by Gasteiger charge is 2.18. The molecule has 0 aliphatic carbocycles. The molecule has 3 aromatic rings. The topological polar surface area (TPSA) is 162 Å². The predicted octanol–water partition coefficient (Wildman–Crippen LogP) is 2.81. The number of hydrogen-bond acceptors (Lipinski definition) is 6. The van der Waals surface area contributed by atoms with Gasteiger partial charge in [-0.15, -0.1) is 0 Å². The fourth-order valence-corrected chi connectivity index (χ4v) is 3.88. The van der Waals surface area contributed by atoms with Gasteiger partial charge >= 0.3 is 0 Å². The van der Waals surface area contributed by atoms with Crippen molar-refractivity contribution in [1.82, 2.24) is 5.32 Å². The quantitative estimate of drug-likeness (QED) is 0.328. The number of nitrogens with one attached hydrogen (secondary N) is 2. The number of nitro benzene ring substituents is 1. The van der Waals surface area contributed by atoms with Crippen LogP contribution in [0, 0.1) is 15.9 Å². The molecule has 0 fully saturated rings. The highest BCUT2D eigenvalue weighted by atomic mass is 32.2. The molecule has 0 saturated heterocycles. The molecule has 12 heteroatoms. The number of halogens is 1. The number of benzene rings is 3. The second-order valence-electron chi connectivity index (χ2n) is 7.09. The fourth-order valence-electron chi connectivity index (χ4n) is 3.12. The van der Waals surface area contributed by atoms with E-state index in [-0.39, 0.29) is 29.1 Å². The van der Waals surface area contributed by atoms with Gasteiger partial charge in [-0.05, 0) is 35.9 Å². The molecular weight excluding hydrogens is 467 g/mol. The molecule has 0 atom stereocenters. The van der Waals surface area contributed by atoms with Crippen LogP contribution in [0.15, 0.2) is 71.6 Å². The summed E-state index contributed by atoms with van der Waals surface area (Å²) in [6.45, 7) is -0.0599. The van der Waals surface area contributed by atoms with Crippen molar-refractivity contribution in [3.8, 4) is 11.1 Å². The first-order chi connectivity index (χ1) is 16.1. The number of rotatable bonds is 8. The second-order valence-corrected chi connectivity index (χ2v) is 8.62. The van der Waals surface area contributed by atoms with Crippen LogP contribution < -0.4 is 15.8 Å². The van der Waals surface area contributed by atoms with Gasteiger partial charge in [0.25, 0.3) is 11.6 Å². The number of primary sulfonamides is 1. The SMILES string of the molecule is NS(=O)(=O)c1ccccc1-c1ccc(C(=O)NCCC(=O)Nc2ccc(F)cc2[N+](=O)[O-])cc1. The number of sulfonamides is 1. The van der Waals surface area contributed by atoms with E-state index in [2.05, 4.69) is 10.6 Å². The summed E-state index contributed by atoms with van der Waals surface area (Å²) in [5.41, 5.74) is 0.468. The molecule has 0 unspecified atom stereocenters. The van der Waals surface area contributed by atoms with E-state index in [4.69, 9.17) is 5.14 Å². The summed E-state index contributed by atoms with van der Waals surface area (Å²) < 4.78 is 36.8. The number of anilines is 1. The van der Waals surface area contributed by atoms with E-state index in [0.29, 0.717) is 17.2 Å². The first kappa shape index (κ1) is 24.5. The molecular formula is C22H19FN4O6S. The van der Waals surface area contributed by atoms with E-state index < -0.39 is 38.3 Å². The zero-order valence-electron chi connectivity index (χ0n) is 17.5. The lowest BCUT2D eigenvalue weighted by atomic mass is 10.0. The summed E-state index contributed by atoms with van der Waals surface area (Å²) in [5.74, 6) is -1.90. The Morgan fingerprint density at radius 1 is 1.03 bits per heavy atom. The molecule has 0 aliphatic rings. The Balaban J connectivity index is 1.60. The lowest BCUT2D eigenvalue weighted by Gasteiger charge is -2.10. The lowest BCUT2D eigenvalue weighted by Crippen LogP contribution is -2.27. The zero-order chi connectivity index (χ0) is 24.9. The predicted molar refractivity (Wildman–Crippen MR) is 122 cm³/mol. The van der Waals surface area contributed by atoms with Gasteiger partial charge in [-0.1, -0.05) is 30.3 Å². The van der Waals surface area contributed by atoms with Crippen LogP contribution in [0.4, 0.5) is 15.8 Å². The molecule has 0 aromatic heterocycles. The Bertz CT molecular complexity index is 1360. The second kappa shape index (κ2) is 10.2. The Hall–Kier alpha value is -4.16. The van der Waals surface area contributed by atoms with E-state index in [1.165, 1.54) is 18.2 Å². The van der Waals surface area contributed by atoms with Crippen molar-refractivity contribution >= 4 is 33.2 Å². The van der Waals surface area contributed by atoms with Crippen LogP contribution in [0.2, 0.25) is 0 Å². The minimum Gasteiger partial charge on any atom is -0.352 e. The van der Waals surface area contributed by atoms with Gasteiger partial charge < -0.3 is 10.6 Å². The highest BCUT2D eigenvalue weighted by Crippen LogP contribution is 2.27. The Morgan fingerprint density at radius 3 is 2.35 bits per heavy atom. The van der Waals surface area contributed by atoms with E-state index in [9.17, 15) is 32.5 Å². The van der Waals surface area contributed by atoms with E-state index >= 15 is 0 Å². The molecule has 176 valence electrons. The Kier molecular flexibility index (Phi) is 7.34. The van der Waals surface area contributed by atoms with Crippen molar-refractivity contribution < 1.29 is 27.3 Å². The largest absolute Gasteiger partial charge is 0.352 e. The van der Waals surface area contributed by atoms with Gasteiger partial charge in [-0.3, -0.25) is 19.7 Å². The molecule has 0 radical (unpaired) electrons. The highest BCUT2D eigenvalue weighted by molar-refractivity contribution is 7.89. The monoisotopic (exact) mass is 486 g/mol. The van der Waals surface area contributed by atoms with E-state index in [1.807, 2.05) is 0 Å². The minimum absolute atomic E-state index is 0.0420. The molecule has 4 N–H and O–H groups in total. The van der Waals surface area contributed by atoms with Gasteiger partial charge in [0.15, 0.2) is 0 Å². The Morgan fingerprint density at radius 2 is 1.71 bits per heavy atom.